The molecule has 2 aromatic heterocycles. The Labute approximate surface area is 82.6 Å². The number of fused-ring (bicyclic) bond motifs is 1. The maximum Gasteiger partial charge on any atom is 0.116 e. The average molecular weight is 187 g/mol. The largest absolute Gasteiger partial charge is 0.397 e. The zero-order chi connectivity index (χ0) is 9.71. The number of rotatable bonds is 1. The van der Waals surface area contributed by atoms with Gasteiger partial charge in [0.15, 0.2) is 0 Å². The van der Waals surface area contributed by atoms with E-state index in [9.17, 15) is 0 Å². The monoisotopic (exact) mass is 187 g/mol. The summed E-state index contributed by atoms with van der Waals surface area (Å²) >= 11 is 0. The van der Waals surface area contributed by atoms with E-state index in [4.69, 9.17) is 5.73 Å². The standard InChI is InChI=1S/C11H13N3/c1-7-10-9(12)3-2-6-14(10)11(13-7)8-4-5-8/h2-3,6,8H,4-5,12H2,1H3. The van der Waals surface area contributed by atoms with Gasteiger partial charge in [0.1, 0.15) is 5.82 Å². The van der Waals surface area contributed by atoms with Crippen LogP contribution in [0.1, 0.15) is 30.3 Å². The Morgan fingerprint density at radius 3 is 3.00 bits per heavy atom. The number of anilines is 1. The lowest BCUT2D eigenvalue weighted by molar-refractivity contribution is 0.917. The summed E-state index contributed by atoms with van der Waals surface area (Å²) in [4.78, 5) is 4.60. The molecular formula is C11H13N3. The second-order valence-electron chi connectivity index (χ2n) is 4.01. The van der Waals surface area contributed by atoms with Crippen molar-refractivity contribution < 1.29 is 0 Å². The first kappa shape index (κ1) is 7.85. The van der Waals surface area contributed by atoms with Gasteiger partial charge in [-0.2, -0.15) is 0 Å². The Kier molecular flexibility index (Phi) is 1.40. The van der Waals surface area contributed by atoms with E-state index in [-0.39, 0.29) is 0 Å². The van der Waals surface area contributed by atoms with Gasteiger partial charge >= 0.3 is 0 Å². The fraction of sp³-hybridized carbons (Fsp3) is 0.364. The third-order valence-electron chi connectivity index (χ3n) is 2.84. The van der Waals surface area contributed by atoms with E-state index >= 15 is 0 Å². The van der Waals surface area contributed by atoms with Gasteiger partial charge in [-0.05, 0) is 31.9 Å². The number of imidazole rings is 1. The first-order valence-corrected chi connectivity index (χ1v) is 5.00. The Morgan fingerprint density at radius 1 is 1.50 bits per heavy atom. The van der Waals surface area contributed by atoms with E-state index in [1.54, 1.807) is 0 Å². The van der Waals surface area contributed by atoms with Crippen LogP contribution >= 0.6 is 0 Å². The van der Waals surface area contributed by atoms with E-state index in [1.807, 2.05) is 19.1 Å². The minimum absolute atomic E-state index is 0.665. The maximum absolute atomic E-state index is 5.93. The highest BCUT2D eigenvalue weighted by Crippen LogP contribution is 2.40. The molecule has 1 saturated carbocycles. The molecule has 2 N–H and O–H groups in total. The highest BCUT2D eigenvalue weighted by molar-refractivity contribution is 5.72. The number of nitrogen functional groups attached to an aromatic ring is 1. The van der Waals surface area contributed by atoms with E-state index in [2.05, 4.69) is 15.6 Å². The molecule has 0 aliphatic heterocycles. The summed E-state index contributed by atoms with van der Waals surface area (Å²) in [6.07, 6.45) is 4.60. The van der Waals surface area contributed by atoms with Crippen LogP contribution in [0.15, 0.2) is 18.3 Å². The Morgan fingerprint density at radius 2 is 2.29 bits per heavy atom. The summed E-state index contributed by atoms with van der Waals surface area (Å²) in [7, 11) is 0. The van der Waals surface area contributed by atoms with Crippen LogP contribution in [0.25, 0.3) is 5.52 Å². The predicted octanol–water partition coefficient (Wildman–Crippen LogP) is 2.10. The van der Waals surface area contributed by atoms with Crippen molar-refractivity contribution in [1.82, 2.24) is 9.38 Å². The molecule has 14 heavy (non-hydrogen) atoms. The SMILES string of the molecule is Cc1nc(C2CC2)n2cccc(N)c12. The summed E-state index contributed by atoms with van der Waals surface area (Å²) < 4.78 is 2.14. The Balaban J connectivity index is 2.37. The normalized spacial score (nSPS) is 16.4. The van der Waals surface area contributed by atoms with Crippen molar-refractivity contribution in [2.75, 3.05) is 5.73 Å². The van der Waals surface area contributed by atoms with Crippen LogP contribution in [0.2, 0.25) is 0 Å². The van der Waals surface area contributed by atoms with Gasteiger partial charge in [0.2, 0.25) is 0 Å². The maximum atomic E-state index is 5.93. The lowest BCUT2D eigenvalue weighted by Gasteiger charge is -2.00. The lowest BCUT2D eigenvalue weighted by Crippen LogP contribution is -1.94. The molecule has 1 fully saturated rings. The van der Waals surface area contributed by atoms with Crippen molar-refractivity contribution in [2.45, 2.75) is 25.7 Å². The van der Waals surface area contributed by atoms with Gasteiger partial charge in [0, 0.05) is 12.1 Å². The average Bonchev–Trinajstić information content (AvgIpc) is 2.93. The first-order valence-electron chi connectivity index (χ1n) is 5.00. The third-order valence-corrected chi connectivity index (χ3v) is 2.84. The van der Waals surface area contributed by atoms with Crippen molar-refractivity contribution in [3.05, 3.63) is 29.8 Å². The molecule has 72 valence electrons. The molecule has 0 saturated heterocycles. The van der Waals surface area contributed by atoms with Crippen molar-refractivity contribution >= 4 is 11.2 Å². The number of nitrogens with two attached hydrogens (primary N) is 1. The molecule has 2 aromatic rings. The quantitative estimate of drug-likeness (QED) is 0.743. The first-order chi connectivity index (χ1) is 6.77. The molecule has 0 unspecified atom stereocenters. The number of nitrogens with zero attached hydrogens (tertiary/aromatic N) is 2. The lowest BCUT2D eigenvalue weighted by atomic mass is 10.3. The third kappa shape index (κ3) is 0.953. The van der Waals surface area contributed by atoms with Crippen LogP contribution in [0, 0.1) is 6.92 Å². The summed E-state index contributed by atoms with van der Waals surface area (Å²) in [5.41, 5.74) is 8.88. The number of aryl methyl sites for hydroxylation is 1. The van der Waals surface area contributed by atoms with Gasteiger partial charge in [-0.3, -0.25) is 0 Å². The van der Waals surface area contributed by atoms with Gasteiger partial charge in [-0.25, -0.2) is 4.98 Å². The van der Waals surface area contributed by atoms with Crippen LogP contribution in [-0.4, -0.2) is 9.38 Å². The Hall–Kier alpha value is -1.51. The molecule has 3 rings (SSSR count). The molecule has 0 bridgehead atoms. The molecule has 3 nitrogen and oxygen atoms in total. The van der Waals surface area contributed by atoms with Crippen LogP contribution < -0.4 is 5.73 Å². The van der Waals surface area contributed by atoms with Crippen molar-refractivity contribution in [2.24, 2.45) is 0 Å². The highest BCUT2D eigenvalue weighted by atomic mass is 15.0. The summed E-state index contributed by atoms with van der Waals surface area (Å²) in [5, 5.41) is 0. The molecule has 0 amide bonds. The molecule has 0 aromatic carbocycles. The van der Waals surface area contributed by atoms with Gasteiger partial charge in [-0.1, -0.05) is 0 Å². The molecule has 1 aliphatic carbocycles. The zero-order valence-corrected chi connectivity index (χ0v) is 8.20. The predicted molar refractivity (Wildman–Crippen MR) is 56.3 cm³/mol. The second-order valence-corrected chi connectivity index (χ2v) is 4.01. The molecule has 2 heterocycles. The van der Waals surface area contributed by atoms with Crippen molar-refractivity contribution in [3.63, 3.8) is 0 Å². The highest BCUT2D eigenvalue weighted by Gasteiger charge is 2.28. The summed E-state index contributed by atoms with van der Waals surface area (Å²) in [5.74, 6) is 1.85. The molecule has 0 radical (unpaired) electrons. The summed E-state index contributed by atoms with van der Waals surface area (Å²) in [6, 6.07) is 3.91. The molecule has 3 heteroatoms. The number of hydrogen-bond acceptors (Lipinski definition) is 2. The summed E-state index contributed by atoms with van der Waals surface area (Å²) in [6.45, 7) is 2.03. The second kappa shape index (κ2) is 2.50. The molecule has 1 aliphatic rings. The van der Waals surface area contributed by atoms with Gasteiger partial charge < -0.3 is 10.1 Å². The molecular weight excluding hydrogens is 174 g/mol. The van der Waals surface area contributed by atoms with Crippen molar-refractivity contribution in [3.8, 4) is 0 Å². The van der Waals surface area contributed by atoms with E-state index in [0.717, 1.165) is 16.9 Å². The smallest absolute Gasteiger partial charge is 0.116 e. The number of hydrogen-bond donors (Lipinski definition) is 1. The van der Waals surface area contributed by atoms with E-state index in [0.29, 0.717) is 5.92 Å². The fourth-order valence-electron chi connectivity index (χ4n) is 2.01. The molecule has 0 spiro atoms. The van der Waals surface area contributed by atoms with Gasteiger partial charge in [-0.15, -0.1) is 0 Å². The minimum atomic E-state index is 0.665. The minimum Gasteiger partial charge on any atom is -0.397 e. The van der Waals surface area contributed by atoms with Gasteiger partial charge in [0.05, 0.1) is 16.9 Å². The molecule has 0 atom stereocenters. The van der Waals surface area contributed by atoms with E-state index < -0.39 is 0 Å². The zero-order valence-electron chi connectivity index (χ0n) is 8.20. The Bertz CT molecular complexity index is 494. The van der Waals surface area contributed by atoms with Crippen LogP contribution in [0.4, 0.5) is 5.69 Å². The number of pyridine rings is 1. The number of aromatic nitrogens is 2. The van der Waals surface area contributed by atoms with Crippen LogP contribution in [0.3, 0.4) is 0 Å². The topological polar surface area (TPSA) is 43.3 Å². The van der Waals surface area contributed by atoms with Crippen molar-refractivity contribution in [1.29, 1.82) is 0 Å². The fourth-order valence-corrected chi connectivity index (χ4v) is 2.01. The van der Waals surface area contributed by atoms with E-state index in [1.165, 1.54) is 18.7 Å². The van der Waals surface area contributed by atoms with Gasteiger partial charge in [0.25, 0.3) is 0 Å². The van der Waals surface area contributed by atoms with Crippen LogP contribution in [0.5, 0.6) is 0 Å². The van der Waals surface area contributed by atoms with Crippen LogP contribution in [-0.2, 0) is 0 Å².